The summed E-state index contributed by atoms with van der Waals surface area (Å²) < 4.78 is 18.7. The number of aromatic nitrogens is 2. The van der Waals surface area contributed by atoms with Gasteiger partial charge >= 0.3 is 0 Å². The molecule has 0 saturated heterocycles. The Kier molecular flexibility index (Phi) is 5.15. The lowest BCUT2D eigenvalue weighted by atomic mass is 10.2. The van der Waals surface area contributed by atoms with E-state index in [4.69, 9.17) is 19.2 Å². The van der Waals surface area contributed by atoms with Crippen LogP contribution in [0.5, 0.6) is 17.2 Å². The molecule has 0 atom stereocenters. The highest BCUT2D eigenvalue weighted by Gasteiger charge is 2.12. The Hall–Kier alpha value is -3.47. The minimum atomic E-state index is 0.373. The van der Waals surface area contributed by atoms with E-state index < -0.39 is 0 Å². The SMILES string of the molecule is COc1ccc(Cn2c(COc3cccc(OC)c3)nc3ccccc32)cc1. The van der Waals surface area contributed by atoms with Gasteiger partial charge in [-0.1, -0.05) is 30.3 Å². The first-order chi connectivity index (χ1) is 13.8. The lowest BCUT2D eigenvalue weighted by Crippen LogP contribution is -2.08. The lowest BCUT2D eigenvalue weighted by molar-refractivity contribution is 0.289. The van der Waals surface area contributed by atoms with Crippen molar-refractivity contribution in [3.8, 4) is 17.2 Å². The first kappa shape index (κ1) is 17.9. The van der Waals surface area contributed by atoms with Crippen LogP contribution in [0.15, 0.2) is 72.8 Å². The molecule has 0 amide bonds. The van der Waals surface area contributed by atoms with E-state index in [0.29, 0.717) is 13.2 Å². The van der Waals surface area contributed by atoms with Crippen LogP contribution in [0, 0.1) is 0 Å². The molecule has 0 bridgehead atoms. The van der Waals surface area contributed by atoms with Crippen LogP contribution in [0.3, 0.4) is 0 Å². The summed E-state index contributed by atoms with van der Waals surface area (Å²) in [6, 6.07) is 23.8. The van der Waals surface area contributed by atoms with E-state index in [1.165, 1.54) is 5.56 Å². The number of nitrogens with zero attached hydrogens (tertiary/aromatic N) is 2. The number of hydrogen-bond acceptors (Lipinski definition) is 4. The Morgan fingerprint density at radius 2 is 1.54 bits per heavy atom. The molecule has 0 radical (unpaired) electrons. The Bertz CT molecular complexity index is 1070. The van der Waals surface area contributed by atoms with Crippen LogP contribution in [-0.4, -0.2) is 23.8 Å². The summed E-state index contributed by atoms with van der Waals surface area (Å²) in [6.45, 7) is 1.08. The third kappa shape index (κ3) is 3.78. The van der Waals surface area contributed by atoms with Gasteiger partial charge in [-0.05, 0) is 42.0 Å². The molecule has 5 nitrogen and oxygen atoms in total. The molecule has 4 rings (SSSR count). The van der Waals surface area contributed by atoms with Gasteiger partial charge in [0.05, 0.1) is 25.3 Å². The number of benzene rings is 3. The summed E-state index contributed by atoms with van der Waals surface area (Å²) in [5.41, 5.74) is 3.22. The van der Waals surface area contributed by atoms with E-state index in [1.54, 1.807) is 14.2 Å². The monoisotopic (exact) mass is 374 g/mol. The van der Waals surface area contributed by atoms with Crippen molar-refractivity contribution in [2.75, 3.05) is 14.2 Å². The molecule has 1 aromatic heterocycles. The molecular formula is C23H22N2O3. The average molecular weight is 374 g/mol. The Morgan fingerprint density at radius 1 is 0.786 bits per heavy atom. The van der Waals surface area contributed by atoms with Gasteiger partial charge in [-0.15, -0.1) is 0 Å². The second kappa shape index (κ2) is 8.05. The molecule has 0 unspecified atom stereocenters. The van der Waals surface area contributed by atoms with E-state index in [0.717, 1.165) is 34.1 Å². The zero-order chi connectivity index (χ0) is 19.3. The normalized spacial score (nSPS) is 10.8. The molecule has 28 heavy (non-hydrogen) atoms. The summed E-state index contributed by atoms with van der Waals surface area (Å²) in [4.78, 5) is 4.78. The fourth-order valence-electron chi connectivity index (χ4n) is 3.16. The molecule has 0 aliphatic carbocycles. The molecule has 0 aliphatic rings. The third-order valence-electron chi connectivity index (χ3n) is 4.64. The van der Waals surface area contributed by atoms with Crippen molar-refractivity contribution in [1.82, 2.24) is 9.55 Å². The van der Waals surface area contributed by atoms with Crippen molar-refractivity contribution < 1.29 is 14.2 Å². The van der Waals surface area contributed by atoms with Crippen LogP contribution in [0.4, 0.5) is 0 Å². The van der Waals surface area contributed by atoms with Crippen molar-refractivity contribution in [3.63, 3.8) is 0 Å². The molecule has 1 heterocycles. The summed E-state index contributed by atoms with van der Waals surface area (Å²) >= 11 is 0. The number of imidazole rings is 1. The predicted octanol–water partition coefficient (Wildman–Crippen LogP) is 4.68. The quantitative estimate of drug-likeness (QED) is 0.471. The van der Waals surface area contributed by atoms with Gasteiger partial charge in [-0.3, -0.25) is 0 Å². The minimum absolute atomic E-state index is 0.373. The van der Waals surface area contributed by atoms with E-state index >= 15 is 0 Å². The molecular weight excluding hydrogens is 352 g/mol. The second-order valence-corrected chi connectivity index (χ2v) is 6.42. The van der Waals surface area contributed by atoms with Crippen LogP contribution in [0.25, 0.3) is 11.0 Å². The molecule has 4 aromatic rings. The van der Waals surface area contributed by atoms with Crippen LogP contribution < -0.4 is 14.2 Å². The Labute approximate surface area is 164 Å². The fraction of sp³-hybridized carbons (Fsp3) is 0.174. The van der Waals surface area contributed by atoms with Crippen LogP contribution in [-0.2, 0) is 13.2 Å². The highest BCUT2D eigenvalue weighted by molar-refractivity contribution is 5.76. The van der Waals surface area contributed by atoms with E-state index in [2.05, 4.69) is 22.8 Å². The summed E-state index contributed by atoms with van der Waals surface area (Å²) in [7, 11) is 3.32. The van der Waals surface area contributed by atoms with Gasteiger partial charge in [-0.2, -0.15) is 0 Å². The fourth-order valence-corrected chi connectivity index (χ4v) is 3.16. The lowest BCUT2D eigenvalue weighted by Gasteiger charge is -2.12. The van der Waals surface area contributed by atoms with E-state index in [-0.39, 0.29) is 0 Å². The second-order valence-electron chi connectivity index (χ2n) is 6.42. The van der Waals surface area contributed by atoms with Crippen LogP contribution >= 0.6 is 0 Å². The maximum atomic E-state index is 6.00. The van der Waals surface area contributed by atoms with Gasteiger partial charge in [0.15, 0.2) is 0 Å². The number of ether oxygens (including phenoxy) is 3. The summed E-state index contributed by atoms with van der Waals surface area (Å²) in [5, 5.41) is 0. The number of fused-ring (bicyclic) bond motifs is 1. The van der Waals surface area contributed by atoms with Crippen molar-refractivity contribution in [3.05, 3.63) is 84.2 Å². The number of rotatable bonds is 7. The number of para-hydroxylation sites is 2. The molecule has 0 saturated carbocycles. The highest BCUT2D eigenvalue weighted by Crippen LogP contribution is 2.23. The summed E-state index contributed by atoms with van der Waals surface area (Å²) in [5.74, 6) is 3.24. The third-order valence-corrected chi connectivity index (χ3v) is 4.64. The van der Waals surface area contributed by atoms with Crippen molar-refractivity contribution >= 4 is 11.0 Å². The Balaban J connectivity index is 1.62. The topological polar surface area (TPSA) is 45.5 Å². The largest absolute Gasteiger partial charge is 0.497 e. The maximum Gasteiger partial charge on any atom is 0.148 e. The predicted molar refractivity (Wildman–Crippen MR) is 109 cm³/mol. The number of hydrogen-bond donors (Lipinski definition) is 0. The number of methoxy groups -OCH3 is 2. The van der Waals surface area contributed by atoms with E-state index in [1.807, 2.05) is 54.6 Å². The van der Waals surface area contributed by atoms with Gasteiger partial charge in [-0.25, -0.2) is 4.98 Å². The van der Waals surface area contributed by atoms with Crippen molar-refractivity contribution in [2.45, 2.75) is 13.2 Å². The van der Waals surface area contributed by atoms with Crippen LogP contribution in [0.2, 0.25) is 0 Å². The van der Waals surface area contributed by atoms with Crippen LogP contribution in [0.1, 0.15) is 11.4 Å². The molecule has 0 aliphatic heterocycles. The molecule has 142 valence electrons. The molecule has 0 fully saturated rings. The van der Waals surface area contributed by atoms with E-state index in [9.17, 15) is 0 Å². The first-order valence-corrected chi connectivity index (χ1v) is 9.11. The molecule has 5 heteroatoms. The standard InChI is InChI=1S/C23H22N2O3/c1-26-18-12-10-17(11-13-18)15-25-22-9-4-3-8-21(22)24-23(25)16-28-20-7-5-6-19(14-20)27-2/h3-14H,15-16H2,1-2H3. The Morgan fingerprint density at radius 3 is 2.32 bits per heavy atom. The van der Waals surface area contributed by atoms with Crippen molar-refractivity contribution in [1.29, 1.82) is 0 Å². The van der Waals surface area contributed by atoms with Gasteiger partial charge in [0.2, 0.25) is 0 Å². The zero-order valence-corrected chi connectivity index (χ0v) is 16.0. The molecule has 3 aromatic carbocycles. The zero-order valence-electron chi connectivity index (χ0n) is 16.0. The molecule has 0 spiro atoms. The van der Waals surface area contributed by atoms with Crippen molar-refractivity contribution in [2.24, 2.45) is 0 Å². The smallest absolute Gasteiger partial charge is 0.148 e. The summed E-state index contributed by atoms with van der Waals surface area (Å²) in [6.07, 6.45) is 0. The highest BCUT2D eigenvalue weighted by atomic mass is 16.5. The van der Waals surface area contributed by atoms with Gasteiger partial charge in [0.25, 0.3) is 0 Å². The molecule has 0 N–H and O–H groups in total. The van der Waals surface area contributed by atoms with Gasteiger partial charge in [0, 0.05) is 12.6 Å². The minimum Gasteiger partial charge on any atom is -0.497 e. The van der Waals surface area contributed by atoms with Gasteiger partial charge in [0.1, 0.15) is 29.7 Å². The first-order valence-electron chi connectivity index (χ1n) is 9.11. The van der Waals surface area contributed by atoms with Gasteiger partial charge < -0.3 is 18.8 Å². The average Bonchev–Trinajstić information content (AvgIpc) is 3.10. The maximum absolute atomic E-state index is 6.00.